The Balaban J connectivity index is 2.42. The molecule has 4 nitrogen and oxygen atoms in total. The molecule has 25 heavy (non-hydrogen) atoms. The van der Waals surface area contributed by atoms with Gasteiger partial charge in [-0.3, -0.25) is 0 Å². The summed E-state index contributed by atoms with van der Waals surface area (Å²) in [7, 11) is 4.91. The number of methoxy groups -OCH3 is 3. The van der Waals surface area contributed by atoms with Gasteiger partial charge in [0.05, 0.1) is 21.3 Å². The van der Waals surface area contributed by atoms with Crippen molar-refractivity contribution < 1.29 is 18.9 Å². The lowest BCUT2D eigenvalue weighted by Gasteiger charge is -2.17. The molecular formula is C21H28O4. The Kier molecular flexibility index (Phi) is 6.99. The lowest BCUT2D eigenvalue weighted by atomic mass is 10.1. The zero-order valence-corrected chi connectivity index (χ0v) is 15.8. The molecule has 0 bridgehead atoms. The fraction of sp³-hybridized carbons (Fsp3) is 0.429. The van der Waals surface area contributed by atoms with Crippen molar-refractivity contribution in [2.24, 2.45) is 0 Å². The summed E-state index contributed by atoms with van der Waals surface area (Å²) >= 11 is 0. The second-order valence-corrected chi connectivity index (χ2v) is 5.92. The SMILES string of the molecule is CCCc1ccc(Oc2cc(CCC)cc(OC)c2OC)c(OC)c1. The first kappa shape index (κ1) is 19.0. The lowest BCUT2D eigenvalue weighted by Crippen LogP contribution is -1.98. The van der Waals surface area contributed by atoms with E-state index in [0.29, 0.717) is 28.7 Å². The second kappa shape index (κ2) is 9.21. The molecule has 136 valence electrons. The van der Waals surface area contributed by atoms with Gasteiger partial charge >= 0.3 is 0 Å². The first-order valence-corrected chi connectivity index (χ1v) is 8.76. The Bertz CT molecular complexity index is 695. The third-order valence-corrected chi connectivity index (χ3v) is 4.03. The van der Waals surface area contributed by atoms with Crippen LogP contribution in [0.2, 0.25) is 0 Å². The molecule has 0 saturated heterocycles. The number of hydrogen-bond acceptors (Lipinski definition) is 4. The Morgan fingerprint density at radius 3 is 1.84 bits per heavy atom. The van der Waals surface area contributed by atoms with Gasteiger partial charge in [-0.05, 0) is 48.2 Å². The molecular weight excluding hydrogens is 316 g/mol. The molecule has 2 aromatic carbocycles. The van der Waals surface area contributed by atoms with E-state index in [1.807, 2.05) is 24.3 Å². The summed E-state index contributed by atoms with van der Waals surface area (Å²) in [5, 5.41) is 0. The summed E-state index contributed by atoms with van der Waals surface area (Å²) in [4.78, 5) is 0. The van der Waals surface area contributed by atoms with E-state index in [4.69, 9.17) is 18.9 Å². The molecule has 0 aliphatic heterocycles. The smallest absolute Gasteiger partial charge is 0.203 e. The van der Waals surface area contributed by atoms with Crippen LogP contribution in [0.5, 0.6) is 28.7 Å². The summed E-state index contributed by atoms with van der Waals surface area (Å²) in [6.07, 6.45) is 4.10. The predicted octanol–water partition coefficient (Wildman–Crippen LogP) is 5.41. The van der Waals surface area contributed by atoms with E-state index in [0.717, 1.165) is 31.2 Å². The van der Waals surface area contributed by atoms with E-state index < -0.39 is 0 Å². The highest BCUT2D eigenvalue weighted by atomic mass is 16.5. The van der Waals surface area contributed by atoms with Gasteiger partial charge in [-0.1, -0.05) is 32.8 Å². The van der Waals surface area contributed by atoms with Crippen LogP contribution in [0.4, 0.5) is 0 Å². The molecule has 0 atom stereocenters. The van der Waals surface area contributed by atoms with Crippen LogP contribution >= 0.6 is 0 Å². The fourth-order valence-corrected chi connectivity index (χ4v) is 2.85. The van der Waals surface area contributed by atoms with E-state index in [9.17, 15) is 0 Å². The van der Waals surface area contributed by atoms with Crippen molar-refractivity contribution in [2.45, 2.75) is 39.5 Å². The molecule has 0 N–H and O–H groups in total. The van der Waals surface area contributed by atoms with Gasteiger partial charge in [0.2, 0.25) is 5.75 Å². The van der Waals surface area contributed by atoms with Crippen molar-refractivity contribution in [2.75, 3.05) is 21.3 Å². The Morgan fingerprint density at radius 1 is 0.640 bits per heavy atom. The van der Waals surface area contributed by atoms with Gasteiger partial charge in [-0.15, -0.1) is 0 Å². The maximum atomic E-state index is 6.16. The van der Waals surface area contributed by atoms with Crippen LogP contribution in [-0.2, 0) is 12.8 Å². The molecule has 0 amide bonds. The van der Waals surface area contributed by atoms with Crippen LogP contribution < -0.4 is 18.9 Å². The van der Waals surface area contributed by atoms with Crippen LogP contribution in [0, 0.1) is 0 Å². The van der Waals surface area contributed by atoms with E-state index in [1.165, 1.54) is 5.56 Å². The number of ether oxygens (including phenoxy) is 4. The van der Waals surface area contributed by atoms with Crippen LogP contribution in [0.25, 0.3) is 0 Å². The van der Waals surface area contributed by atoms with Gasteiger partial charge in [0.1, 0.15) is 0 Å². The van der Waals surface area contributed by atoms with Crippen molar-refractivity contribution in [3.05, 3.63) is 41.5 Å². The summed E-state index contributed by atoms with van der Waals surface area (Å²) in [6, 6.07) is 10.0. The molecule has 0 aromatic heterocycles. The molecule has 0 radical (unpaired) electrons. The summed E-state index contributed by atoms with van der Waals surface area (Å²) in [6.45, 7) is 4.31. The van der Waals surface area contributed by atoms with E-state index in [-0.39, 0.29) is 0 Å². The van der Waals surface area contributed by atoms with Crippen LogP contribution in [0.1, 0.15) is 37.8 Å². The molecule has 0 spiro atoms. The van der Waals surface area contributed by atoms with Gasteiger partial charge < -0.3 is 18.9 Å². The van der Waals surface area contributed by atoms with Crippen molar-refractivity contribution in [3.8, 4) is 28.7 Å². The number of benzene rings is 2. The van der Waals surface area contributed by atoms with E-state index in [1.54, 1.807) is 21.3 Å². The Morgan fingerprint density at radius 2 is 1.24 bits per heavy atom. The first-order valence-electron chi connectivity index (χ1n) is 8.76. The molecule has 0 unspecified atom stereocenters. The predicted molar refractivity (Wildman–Crippen MR) is 101 cm³/mol. The van der Waals surface area contributed by atoms with Crippen LogP contribution in [0.3, 0.4) is 0 Å². The monoisotopic (exact) mass is 344 g/mol. The Hall–Kier alpha value is -2.36. The average Bonchev–Trinajstić information content (AvgIpc) is 2.63. The number of hydrogen-bond donors (Lipinski definition) is 0. The third-order valence-electron chi connectivity index (χ3n) is 4.03. The number of rotatable bonds is 9. The van der Waals surface area contributed by atoms with Crippen LogP contribution in [0.15, 0.2) is 30.3 Å². The zero-order valence-electron chi connectivity index (χ0n) is 15.8. The second-order valence-electron chi connectivity index (χ2n) is 5.92. The molecule has 0 heterocycles. The minimum Gasteiger partial charge on any atom is -0.493 e. The van der Waals surface area contributed by atoms with Crippen molar-refractivity contribution in [3.63, 3.8) is 0 Å². The van der Waals surface area contributed by atoms with Gasteiger partial charge in [0.15, 0.2) is 23.0 Å². The topological polar surface area (TPSA) is 36.9 Å². The first-order chi connectivity index (χ1) is 12.2. The van der Waals surface area contributed by atoms with E-state index in [2.05, 4.69) is 19.9 Å². The minimum atomic E-state index is 0.585. The average molecular weight is 344 g/mol. The maximum Gasteiger partial charge on any atom is 0.203 e. The van der Waals surface area contributed by atoms with Gasteiger partial charge in [0.25, 0.3) is 0 Å². The molecule has 0 saturated carbocycles. The molecule has 0 aliphatic rings. The molecule has 2 rings (SSSR count). The third kappa shape index (κ3) is 4.59. The molecule has 4 heteroatoms. The van der Waals surface area contributed by atoms with E-state index >= 15 is 0 Å². The minimum absolute atomic E-state index is 0.585. The summed E-state index contributed by atoms with van der Waals surface area (Å²) in [5.74, 6) is 3.27. The molecule has 2 aromatic rings. The largest absolute Gasteiger partial charge is 0.493 e. The fourth-order valence-electron chi connectivity index (χ4n) is 2.85. The summed E-state index contributed by atoms with van der Waals surface area (Å²) < 4.78 is 22.7. The number of aryl methyl sites for hydroxylation is 2. The van der Waals surface area contributed by atoms with Crippen molar-refractivity contribution >= 4 is 0 Å². The van der Waals surface area contributed by atoms with Crippen LogP contribution in [-0.4, -0.2) is 21.3 Å². The standard InChI is InChI=1S/C21H28O4/c1-6-8-15-10-11-17(18(12-15)22-3)25-20-14-16(9-7-2)13-19(23-4)21(20)24-5/h10-14H,6-9H2,1-5H3. The van der Waals surface area contributed by atoms with Crippen molar-refractivity contribution in [1.29, 1.82) is 0 Å². The highest BCUT2D eigenvalue weighted by Gasteiger charge is 2.16. The maximum absolute atomic E-state index is 6.16. The van der Waals surface area contributed by atoms with Gasteiger partial charge in [0, 0.05) is 0 Å². The van der Waals surface area contributed by atoms with Gasteiger partial charge in [-0.2, -0.15) is 0 Å². The normalized spacial score (nSPS) is 10.4. The molecule has 0 aliphatic carbocycles. The highest BCUT2D eigenvalue weighted by Crippen LogP contribution is 2.43. The highest BCUT2D eigenvalue weighted by molar-refractivity contribution is 5.56. The molecule has 0 fully saturated rings. The summed E-state index contributed by atoms with van der Waals surface area (Å²) in [5.41, 5.74) is 2.38. The van der Waals surface area contributed by atoms with Crippen molar-refractivity contribution in [1.82, 2.24) is 0 Å². The lowest BCUT2D eigenvalue weighted by molar-refractivity contribution is 0.329. The van der Waals surface area contributed by atoms with Gasteiger partial charge in [-0.25, -0.2) is 0 Å². The Labute approximate surface area is 150 Å². The quantitative estimate of drug-likeness (QED) is 0.609. The zero-order chi connectivity index (χ0) is 18.2.